The van der Waals surface area contributed by atoms with Gasteiger partial charge in [0.05, 0.1) is 34.6 Å². The Morgan fingerprint density at radius 1 is 1.03 bits per heavy atom. The Morgan fingerprint density at radius 3 is 2.67 bits per heavy atom. The molecule has 0 aliphatic heterocycles. The number of anilines is 1. The van der Waals surface area contributed by atoms with E-state index < -0.39 is 11.9 Å². The monoisotopic (exact) mass is 513 g/mol. The number of carbonyl (C=O) groups is 1. The first-order valence-electron chi connectivity index (χ1n) is 12.2. The molecule has 6 rings (SSSR count). The third-order valence-electron chi connectivity index (χ3n) is 6.28. The van der Waals surface area contributed by atoms with Crippen molar-refractivity contribution in [1.82, 2.24) is 39.7 Å². The Bertz CT molecular complexity index is 1910. The molecule has 39 heavy (non-hydrogen) atoms. The number of nitrogens with zero attached hydrogens (tertiary/aromatic N) is 7. The molecule has 1 aromatic carbocycles. The number of carbonyl (C=O) groups excluding carboxylic acids is 1. The summed E-state index contributed by atoms with van der Waals surface area (Å²) in [6.45, 7) is 1.89. The van der Waals surface area contributed by atoms with Crippen molar-refractivity contribution in [3.8, 4) is 23.1 Å². The number of rotatable bonds is 4. The lowest BCUT2D eigenvalue weighted by molar-refractivity contribution is 0.0934. The van der Waals surface area contributed by atoms with Crippen molar-refractivity contribution in [2.45, 2.75) is 13.0 Å². The number of aryl methyl sites for hydroxylation is 1. The highest BCUT2D eigenvalue weighted by atomic mass is 16.2. The van der Waals surface area contributed by atoms with E-state index in [9.17, 15) is 4.79 Å². The fraction of sp³-hybridized carbons (Fsp3) is 0.103. The maximum Gasteiger partial charge on any atom is 0.274 e. The average molecular weight is 514 g/mol. The summed E-state index contributed by atoms with van der Waals surface area (Å²) >= 11 is 0. The summed E-state index contributed by atoms with van der Waals surface area (Å²) < 4.78 is 3.14. The van der Waals surface area contributed by atoms with Crippen LogP contribution in [0.4, 0.5) is 5.82 Å². The molecule has 10 nitrogen and oxygen atoms in total. The molecule has 190 valence electrons. The third kappa shape index (κ3) is 4.53. The van der Waals surface area contributed by atoms with Gasteiger partial charge in [-0.3, -0.25) is 14.5 Å². The molecule has 0 bridgehead atoms. The van der Waals surface area contributed by atoms with Gasteiger partial charge in [-0.25, -0.2) is 14.5 Å². The number of benzene rings is 1. The molecule has 10 heteroatoms. The molecule has 0 radical (unpaired) electrons. The summed E-state index contributed by atoms with van der Waals surface area (Å²) in [7, 11) is 1.85. The quantitative estimate of drug-likeness (QED) is 0.345. The Labute approximate surface area is 223 Å². The zero-order valence-electron chi connectivity index (χ0n) is 21.2. The number of aromatic nitrogens is 7. The molecule has 0 fully saturated rings. The van der Waals surface area contributed by atoms with Gasteiger partial charge in [-0.05, 0) is 31.2 Å². The van der Waals surface area contributed by atoms with Crippen LogP contribution in [0.15, 0.2) is 79.4 Å². The van der Waals surface area contributed by atoms with Crippen molar-refractivity contribution in [3.05, 3.63) is 102 Å². The number of imidazole rings is 1. The molecule has 5 aromatic heterocycles. The summed E-state index contributed by atoms with van der Waals surface area (Å²) in [5.74, 6) is 6.07. The number of hydrogen-bond acceptors (Lipinski definition) is 7. The van der Waals surface area contributed by atoms with E-state index >= 15 is 0 Å². The lowest BCUT2D eigenvalue weighted by Gasteiger charge is -2.19. The molecule has 0 unspecified atom stereocenters. The van der Waals surface area contributed by atoms with Gasteiger partial charge in [-0.2, -0.15) is 10.2 Å². The van der Waals surface area contributed by atoms with Gasteiger partial charge in [-0.1, -0.05) is 42.2 Å². The Kier molecular flexibility index (Phi) is 5.93. The van der Waals surface area contributed by atoms with Crippen molar-refractivity contribution in [2.75, 3.05) is 5.73 Å². The zero-order valence-corrected chi connectivity index (χ0v) is 21.2. The first-order chi connectivity index (χ1) is 19.0. The number of nitrogen functional groups attached to an aromatic ring is 1. The lowest BCUT2D eigenvalue weighted by Crippen LogP contribution is -2.29. The fourth-order valence-electron chi connectivity index (χ4n) is 4.43. The minimum Gasteiger partial charge on any atom is -0.382 e. The summed E-state index contributed by atoms with van der Waals surface area (Å²) in [6.07, 6.45) is 6.86. The molecule has 1 atom stereocenters. The Balaban J connectivity index is 1.43. The van der Waals surface area contributed by atoms with E-state index in [1.165, 1.54) is 4.52 Å². The van der Waals surface area contributed by atoms with E-state index in [-0.39, 0.29) is 11.5 Å². The normalized spacial score (nSPS) is 11.7. The van der Waals surface area contributed by atoms with Gasteiger partial charge in [0.15, 0.2) is 17.2 Å². The largest absolute Gasteiger partial charge is 0.382 e. The van der Waals surface area contributed by atoms with Crippen LogP contribution < -0.4 is 11.1 Å². The second-order valence-corrected chi connectivity index (χ2v) is 9.01. The van der Waals surface area contributed by atoms with Crippen molar-refractivity contribution in [1.29, 1.82) is 0 Å². The fourth-order valence-corrected chi connectivity index (χ4v) is 4.43. The van der Waals surface area contributed by atoms with Crippen molar-refractivity contribution in [3.63, 3.8) is 0 Å². The topological polar surface area (TPSA) is 129 Å². The van der Waals surface area contributed by atoms with E-state index in [1.807, 2.05) is 62.6 Å². The van der Waals surface area contributed by atoms with Crippen LogP contribution in [0.25, 0.3) is 27.9 Å². The number of pyridine rings is 2. The van der Waals surface area contributed by atoms with Gasteiger partial charge >= 0.3 is 0 Å². The molecule has 1 amide bonds. The molecule has 0 saturated carbocycles. The first-order valence-corrected chi connectivity index (χ1v) is 12.2. The first kappa shape index (κ1) is 23.8. The maximum absolute atomic E-state index is 13.4. The van der Waals surface area contributed by atoms with Crippen LogP contribution in [-0.2, 0) is 7.05 Å². The van der Waals surface area contributed by atoms with Crippen LogP contribution in [0.5, 0.6) is 0 Å². The minimum atomic E-state index is -0.440. The third-order valence-corrected chi connectivity index (χ3v) is 6.28. The highest BCUT2D eigenvalue weighted by molar-refractivity contribution is 5.98. The van der Waals surface area contributed by atoms with Gasteiger partial charge in [0, 0.05) is 36.8 Å². The van der Waals surface area contributed by atoms with Gasteiger partial charge in [-0.15, -0.1) is 0 Å². The lowest BCUT2D eigenvalue weighted by atomic mass is 9.99. The standard InChI is InChI=1S/C29H23N9O/c1-18(34-29(39)27-28(30)35-24-9-6-13-32-38(24)27)22-15-23-26(36-25(22)20-7-4-3-5-8-20)21(12-14-31-23)11-10-19-16-33-37(2)17-19/h3-9,12-18H,30H2,1-2H3,(H,34,39)/t18-/m1/s1. The van der Waals surface area contributed by atoms with E-state index in [4.69, 9.17) is 10.7 Å². The van der Waals surface area contributed by atoms with E-state index in [0.717, 1.165) is 27.9 Å². The van der Waals surface area contributed by atoms with Crippen LogP contribution in [0.2, 0.25) is 0 Å². The molecular formula is C29H23N9O. The number of nitrogens with one attached hydrogen (secondary N) is 1. The van der Waals surface area contributed by atoms with Crippen LogP contribution in [-0.4, -0.2) is 40.3 Å². The number of hydrogen-bond donors (Lipinski definition) is 2. The zero-order chi connectivity index (χ0) is 26.9. The number of amides is 1. The molecule has 3 N–H and O–H groups in total. The van der Waals surface area contributed by atoms with Crippen LogP contribution in [0, 0.1) is 11.8 Å². The predicted octanol–water partition coefficient (Wildman–Crippen LogP) is 3.55. The van der Waals surface area contributed by atoms with E-state index in [0.29, 0.717) is 16.7 Å². The predicted molar refractivity (Wildman–Crippen MR) is 147 cm³/mol. The molecule has 5 heterocycles. The molecular weight excluding hydrogens is 490 g/mol. The van der Waals surface area contributed by atoms with Crippen molar-refractivity contribution < 1.29 is 4.79 Å². The maximum atomic E-state index is 13.4. The minimum absolute atomic E-state index is 0.108. The van der Waals surface area contributed by atoms with Crippen LogP contribution in [0.1, 0.15) is 40.1 Å². The highest BCUT2D eigenvalue weighted by Gasteiger charge is 2.23. The van der Waals surface area contributed by atoms with Gasteiger partial charge < -0.3 is 11.1 Å². The van der Waals surface area contributed by atoms with E-state index in [1.54, 1.807) is 35.4 Å². The van der Waals surface area contributed by atoms with E-state index in [2.05, 4.69) is 37.3 Å². The SMILES string of the molecule is C[C@@H](NC(=O)c1c(N)nc2cccnn12)c1cc2nccc(C#Cc3cnn(C)c3)c2nc1-c1ccccc1. The van der Waals surface area contributed by atoms with Gasteiger partial charge in [0.2, 0.25) is 0 Å². The number of nitrogens with two attached hydrogens (primary N) is 1. The Hall–Kier alpha value is -5.56. The summed E-state index contributed by atoms with van der Waals surface area (Å²) in [6, 6.07) is 16.6. The average Bonchev–Trinajstić information content (AvgIpc) is 3.52. The molecule has 6 aromatic rings. The summed E-state index contributed by atoms with van der Waals surface area (Å²) in [5.41, 5.74) is 12.1. The molecule has 0 spiro atoms. The second-order valence-electron chi connectivity index (χ2n) is 9.01. The summed E-state index contributed by atoms with van der Waals surface area (Å²) in [5, 5.41) is 11.5. The second kappa shape index (κ2) is 9.72. The van der Waals surface area contributed by atoms with Crippen LogP contribution >= 0.6 is 0 Å². The van der Waals surface area contributed by atoms with Crippen molar-refractivity contribution in [2.24, 2.45) is 7.05 Å². The molecule has 0 aliphatic carbocycles. The van der Waals surface area contributed by atoms with Crippen molar-refractivity contribution >= 4 is 28.4 Å². The Morgan fingerprint density at radius 2 is 1.87 bits per heavy atom. The van der Waals surface area contributed by atoms with Gasteiger partial charge in [0.1, 0.15) is 5.52 Å². The van der Waals surface area contributed by atoms with Crippen LogP contribution in [0.3, 0.4) is 0 Å². The van der Waals surface area contributed by atoms with Gasteiger partial charge in [0.25, 0.3) is 5.91 Å². The molecule has 0 saturated heterocycles. The number of fused-ring (bicyclic) bond motifs is 2. The summed E-state index contributed by atoms with van der Waals surface area (Å²) in [4.78, 5) is 27.2. The molecule has 0 aliphatic rings. The smallest absolute Gasteiger partial charge is 0.274 e. The highest BCUT2D eigenvalue weighted by Crippen LogP contribution is 2.30.